The molecule has 0 saturated carbocycles. The van der Waals surface area contributed by atoms with Gasteiger partial charge < -0.3 is 29.9 Å². The number of carboxylic acid groups (broad SMARTS) is 2. The van der Waals surface area contributed by atoms with Crippen LogP contribution in [0.25, 0.3) is 0 Å². The minimum atomic E-state index is -2.60. The summed E-state index contributed by atoms with van der Waals surface area (Å²) in [6.07, 6.45) is -3.55. The van der Waals surface area contributed by atoms with Gasteiger partial charge in [-0.1, -0.05) is 0 Å². The first-order valence-electron chi connectivity index (χ1n) is 5.72. The molecule has 0 spiro atoms. The third kappa shape index (κ3) is 6.68. The third-order valence-corrected chi connectivity index (χ3v) is 2.24. The van der Waals surface area contributed by atoms with E-state index < -0.39 is 61.6 Å². The highest BCUT2D eigenvalue weighted by atomic mass is 16.6. The molecule has 21 heavy (non-hydrogen) atoms. The van der Waals surface area contributed by atoms with Crippen LogP contribution in [0.2, 0.25) is 0 Å². The number of hydrogen-bond acceptors (Lipinski definition) is 8. The van der Waals surface area contributed by atoms with Gasteiger partial charge in [-0.25, -0.2) is 4.79 Å². The molecule has 0 fully saturated rings. The molecule has 4 N–H and O–H groups in total. The zero-order valence-corrected chi connectivity index (χ0v) is 11.1. The van der Waals surface area contributed by atoms with Crippen LogP contribution in [0.1, 0.15) is 19.8 Å². The number of aliphatic hydroxyl groups is 2. The van der Waals surface area contributed by atoms with Crippen LogP contribution in [-0.2, 0) is 28.7 Å². The van der Waals surface area contributed by atoms with Gasteiger partial charge in [0.2, 0.25) is 5.60 Å². The van der Waals surface area contributed by atoms with E-state index in [1.807, 2.05) is 0 Å². The maximum atomic E-state index is 11.5. The Morgan fingerprint density at radius 2 is 1.71 bits per heavy atom. The minimum Gasteiger partial charge on any atom is -0.481 e. The predicted octanol–water partition coefficient (Wildman–Crippen LogP) is -1.87. The standard InChI is InChI=1S/C11H16O10/c1-6(13)21-11(10(18)19,2-8(15)16)3-9(17)20-5-7(14)4-12/h7,12,14H,2-5H2,1H3,(H,15,16)(H,18,19). The highest BCUT2D eigenvalue weighted by Gasteiger charge is 2.47. The first kappa shape index (κ1) is 18.8. The van der Waals surface area contributed by atoms with Crippen molar-refractivity contribution in [3.05, 3.63) is 0 Å². The van der Waals surface area contributed by atoms with Crippen molar-refractivity contribution in [3.63, 3.8) is 0 Å². The second kappa shape index (κ2) is 8.17. The van der Waals surface area contributed by atoms with E-state index in [4.69, 9.17) is 20.4 Å². The number of aliphatic hydroxyl groups excluding tert-OH is 2. The maximum Gasteiger partial charge on any atom is 0.349 e. The molecule has 0 aliphatic carbocycles. The summed E-state index contributed by atoms with van der Waals surface area (Å²) in [5.74, 6) is -5.70. The van der Waals surface area contributed by atoms with Gasteiger partial charge in [-0.15, -0.1) is 0 Å². The average Bonchev–Trinajstić information content (AvgIpc) is 2.33. The first-order valence-corrected chi connectivity index (χ1v) is 5.72. The van der Waals surface area contributed by atoms with Crippen molar-refractivity contribution in [1.82, 2.24) is 0 Å². The summed E-state index contributed by atoms with van der Waals surface area (Å²) in [7, 11) is 0. The van der Waals surface area contributed by atoms with Gasteiger partial charge in [0.1, 0.15) is 12.7 Å². The van der Waals surface area contributed by atoms with E-state index >= 15 is 0 Å². The molecule has 0 aromatic rings. The molecule has 0 aromatic heterocycles. The average molecular weight is 308 g/mol. The summed E-state index contributed by atoms with van der Waals surface area (Å²) >= 11 is 0. The van der Waals surface area contributed by atoms with Crippen LogP contribution < -0.4 is 0 Å². The van der Waals surface area contributed by atoms with Crippen molar-refractivity contribution in [3.8, 4) is 0 Å². The fraction of sp³-hybridized carbons (Fsp3) is 0.636. The van der Waals surface area contributed by atoms with Crippen molar-refractivity contribution in [2.24, 2.45) is 0 Å². The van der Waals surface area contributed by atoms with Crippen LogP contribution in [0.3, 0.4) is 0 Å². The Hall–Kier alpha value is -2.20. The second-order valence-electron chi connectivity index (χ2n) is 4.16. The maximum absolute atomic E-state index is 11.5. The van der Waals surface area contributed by atoms with E-state index in [1.165, 1.54) is 0 Å². The molecule has 0 aromatic carbocycles. The normalized spacial score (nSPS) is 14.6. The monoisotopic (exact) mass is 308 g/mol. The lowest BCUT2D eigenvalue weighted by molar-refractivity contribution is -0.186. The smallest absolute Gasteiger partial charge is 0.349 e. The molecule has 0 bridgehead atoms. The number of aliphatic carboxylic acids is 2. The third-order valence-electron chi connectivity index (χ3n) is 2.24. The van der Waals surface area contributed by atoms with E-state index in [2.05, 4.69) is 9.47 Å². The number of ether oxygens (including phenoxy) is 2. The number of hydrogen-bond donors (Lipinski definition) is 4. The molecule has 0 aliphatic heterocycles. The van der Waals surface area contributed by atoms with E-state index in [9.17, 15) is 19.2 Å². The molecule has 0 amide bonds. The van der Waals surface area contributed by atoms with Crippen molar-refractivity contribution in [2.45, 2.75) is 31.5 Å². The Bertz CT molecular complexity index is 399. The highest BCUT2D eigenvalue weighted by Crippen LogP contribution is 2.23. The molecule has 2 unspecified atom stereocenters. The van der Waals surface area contributed by atoms with Gasteiger partial charge in [0.25, 0.3) is 0 Å². The fourth-order valence-electron chi connectivity index (χ4n) is 1.37. The largest absolute Gasteiger partial charge is 0.481 e. The Labute approximate surface area is 118 Å². The quantitative estimate of drug-likeness (QED) is 0.354. The molecule has 0 rings (SSSR count). The fourth-order valence-corrected chi connectivity index (χ4v) is 1.37. The van der Waals surface area contributed by atoms with Gasteiger partial charge in [-0.3, -0.25) is 14.4 Å². The van der Waals surface area contributed by atoms with Gasteiger partial charge in [0, 0.05) is 6.92 Å². The lowest BCUT2D eigenvalue weighted by atomic mass is 9.95. The number of carboxylic acids is 2. The zero-order valence-electron chi connectivity index (χ0n) is 11.1. The summed E-state index contributed by atoms with van der Waals surface area (Å²) in [4.78, 5) is 44.3. The van der Waals surface area contributed by atoms with Gasteiger partial charge in [0.05, 0.1) is 19.4 Å². The summed E-state index contributed by atoms with van der Waals surface area (Å²) in [5.41, 5.74) is -2.60. The number of rotatable bonds is 9. The molecule has 0 aliphatic rings. The van der Waals surface area contributed by atoms with E-state index in [-0.39, 0.29) is 0 Å². The molecule has 0 saturated heterocycles. The lowest BCUT2D eigenvalue weighted by Crippen LogP contribution is -2.47. The molecule has 120 valence electrons. The van der Waals surface area contributed by atoms with Gasteiger partial charge in [-0.2, -0.15) is 0 Å². The number of carbonyl (C=O) groups is 4. The number of carbonyl (C=O) groups excluding carboxylic acids is 2. The molecule has 10 heteroatoms. The van der Waals surface area contributed by atoms with Crippen LogP contribution in [0.4, 0.5) is 0 Å². The first-order chi connectivity index (χ1) is 9.62. The molecule has 0 radical (unpaired) electrons. The van der Waals surface area contributed by atoms with Crippen LogP contribution in [0, 0.1) is 0 Å². The van der Waals surface area contributed by atoms with Gasteiger partial charge >= 0.3 is 23.9 Å². The molecular formula is C11H16O10. The summed E-state index contributed by atoms with van der Waals surface area (Å²) in [5, 5.41) is 35.3. The SMILES string of the molecule is CC(=O)OC(CC(=O)O)(CC(=O)OCC(O)CO)C(=O)O. The second-order valence-corrected chi connectivity index (χ2v) is 4.16. The van der Waals surface area contributed by atoms with Crippen molar-refractivity contribution in [1.29, 1.82) is 0 Å². The van der Waals surface area contributed by atoms with Gasteiger partial charge in [0.15, 0.2) is 0 Å². The van der Waals surface area contributed by atoms with Crippen LogP contribution in [0.5, 0.6) is 0 Å². The minimum absolute atomic E-state index is 0.613. The van der Waals surface area contributed by atoms with Crippen LogP contribution >= 0.6 is 0 Å². The Morgan fingerprint density at radius 3 is 2.10 bits per heavy atom. The highest BCUT2D eigenvalue weighted by molar-refractivity contribution is 5.90. The van der Waals surface area contributed by atoms with E-state index in [1.54, 1.807) is 0 Å². The molecule has 2 atom stereocenters. The Balaban J connectivity index is 5.02. The van der Waals surface area contributed by atoms with Crippen molar-refractivity contribution in [2.75, 3.05) is 13.2 Å². The predicted molar refractivity (Wildman–Crippen MR) is 63.1 cm³/mol. The Kier molecular flexibility index (Phi) is 7.31. The Morgan fingerprint density at radius 1 is 1.14 bits per heavy atom. The van der Waals surface area contributed by atoms with Gasteiger partial charge in [-0.05, 0) is 0 Å². The summed E-state index contributed by atoms with van der Waals surface area (Å²) in [6, 6.07) is 0. The van der Waals surface area contributed by atoms with E-state index in [0.717, 1.165) is 6.92 Å². The van der Waals surface area contributed by atoms with Crippen LogP contribution in [-0.4, -0.2) is 69.2 Å². The van der Waals surface area contributed by atoms with Crippen LogP contribution in [0.15, 0.2) is 0 Å². The zero-order chi connectivity index (χ0) is 16.6. The number of esters is 2. The topological polar surface area (TPSA) is 168 Å². The lowest BCUT2D eigenvalue weighted by Gasteiger charge is -2.26. The molecule has 0 heterocycles. The summed E-state index contributed by atoms with van der Waals surface area (Å²) < 4.78 is 8.95. The molecular weight excluding hydrogens is 292 g/mol. The van der Waals surface area contributed by atoms with Crippen molar-refractivity contribution >= 4 is 23.9 Å². The summed E-state index contributed by atoms with van der Waals surface area (Å²) in [6.45, 7) is -0.436. The van der Waals surface area contributed by atoms with Crippen molar-refractivity contribution < 1.29 is 49.1 Å². The molecule has 10 nitrogen and oxygen atoms in total. The van der Waals surface area contributed by atoms with E-state index in [0.29, 0.717) is 0 Å².